The zero-order chi connectivity index (χ0) is 19.7. The van der Waals surface area contributed by atoms with Gasteiger partial charge in [0.25, 0.3) is 5.91 Å². The van der Waals surface area contributed by atoms with Gasteiger partial charge in [-0.2, -0.15) is 0 Å². The van der Waals surface area contributed by atoms with Gasteiger partial charge in [-0.1, -0.05) is 17.7 Å². The van der Waals surface area contributed by atoms with Crippen LogP contribution in [0.2, 0.25) is 5.02 Å². The van der Waals surface area contributed by atoms with Gasteiger partial charge in [0.1, 0.15) is 5.75 Å². The van der Waals surface area contributed by atoms with Gasteiger partial charge >= 0.3 is 0 Å². The van der Waals surface area contributed by atoms with Crippen molar-refractivity contribution in [3.05, 3.63) is 64.6 Å². The summed E-state index contributed by atoms with van der Waals surface area (Å²) in [6, 6.07) is 10.0. The Morgan fingerprint density at radius 3 is 2.93 bits per heavy atom. The molecule has 2 heterocycles. The lowest BCUT2D eigenvalue weighted by Crippen LogP contribution is -2.28. The topological polar surface area (TPSA) is 51.7 Å². The van der Waals surface area contributed by atoms with Crippen LogP contribution in [0.3, 0.4) is 0 Å². The first kappa shape index (κ1) is 18.7. The minimum Gasteiger partial charge on any atom is -0.453 e. The van der Waals surface area contributed by atoms with Crippen LogP contribution in [0, 0.1) is 5.82 Å². The molecule has 0 saturated heterocycles. The van der Waals surface area contributed by atoms with E-state index in [-0.39, 0.29) is 23.3 Å². The molecule has 0 N–H and O–H groups in total. The maximum atomic E-state index is 14.7. The van der Waals surface area contributed by atoms with Crippen molar-refractivity contribution in [3.63, 3.8) is 0 Å². The number of carbonyl (C=O) groups is 1. The fraction of sp³-hybridized carbons (Fsp3) is 0.238. The highest BCUT2D eigenvalue weighted by molar-refractivity contribution is 6.30. The molecule has 5 nitrogen and oxygen atoms in total. The SMILES string of the molecule is CN1CCCOCc2ccc(Cl)c(F)c2Oc2ccnc3ccc(cc23)C1=O. The molecular weight excluding hydrogens is 383 g/mol. The van der Waals surface area contributed by atoms with Crippen LogP contribution >= 0.6 is 11.6 Å². The third-order valence-corrected chi connectivity index (χ3v) is 4.97. The quantitative estimate of drug-likeness (QED) is 0.543. The minimum absolute atomic E-state index is 0.0194. The molecule has 28 heavy (non-hydrogen) atoms. The summed E-state index contributed by atoms with van der Waals surface area (Å²) in [4.78, 5) is 18.7. The van der Waals surface area contributed by atoms with E-state index in [2.05, 4.69) is 4.98 Å². The Morgan fingerprint density at radius 1 is 1.21 bits per heavy atom. The highest BCUT2D eigenvalue weighted by atomic mass is 35.5. The first-order valence-corrected chi connectivity index (χ1v) is 9.29. The maximum absolute atomic E-state index is 14.7. The van der Waals surface area contributed by atoms with Crippen LogP contribution in [0.15, 0.2) is 42.6 Å². The molecule has 144 valence electrons. The van der Waals surface area contributed by atoms with Crippen molar-refractivity contribution in [1.82, 2.24) is 9.88 Å². The van der Waals surface area contributed by atoms with Crippen LogP contribution < -0.4 is 4.74 Å². The summed E-state index contributed by atoms with van der Waals surface area (Å²) in [5, 5.41) is 0.584. The molecule has 2 bridgehead atoms. The summed E-state index contributed by atoms with van der Waals surface area (Å²) in [5.74, 6) is -0.345. The van der Waals surface area contributed by atoms with E-state index in [1.54, 1.807) is 48.5 Å². The number of fused-ring (bicyclic) bond motifs is 2. The Balaban J connectivity index is 1.89. The lowest BCUT2D eigenvalue weighted by atomic mass is 10.1. The molecule has 0 aliphatic carbocycles. The molecule has 1 aromatic heterocycles. The fourth-order valence-corrected chi connectivity index (χ4v) is 3.31. The number of carbonyl (C=O) groups excluding carboxylic acids is 1. The number of ether oxygens (including phenoxy) is 2. The van der Waals surface area contributed by atoms with Crippen LogP contribution in [0.4, 0.5) is 4.39 Å². The number of pyridine rings is 1. The molecule has 1 aliphatic heterocycles. The molecule has 7 heteroatoms. The number of aromatic nitrogens is 1. The number of halogens is 2. The van der Waals surface area contributed by atoms with E-state index < -0.39 is 5.82 Å². The molecule has 3 aromatic rings. The molecule has 2 aromatic carbocycles. The van der Waals surface area contributed by atoms with E-state index in [9.17, 15) is 9.18 Å². The van der Waals surface area contributed by atoms with Gasteiger partial charge < -0.3 is 14.4 Å². The van der Waals surface area contributed by atoms with Crippen molar-refractivity contribution in [1.29, 1.82) is 0 Å². The second-order valence-corrected chi connectivity index (χ2v) is 7.03. The number of nitrogens with zero attached hydrogens (tertiary/aromatic N) is 2. The van der Waals surface area contributed by atoms with Crippen LogP contribution in [0.25, 0.3) is 10.9 Å². The van der Waals surface area contributed by atoms with E-state index in [1.807, 2.05) is 0 Å². The number of rotatable bonds is 0. The van der Waals surface area contributed by atoms with Gasteiger partial charge in [0.15, 0.2) is 11.6 Å². The average molecular weight is 401 g/mol. The van der Waals surface area contributed by atoms with Crippen LogP contribution in [0.1, 0.15) is 22.3 Å². The lowest BCUT2D eigenvalue weighted by molar-refractivity contribution is 0.0751. The molecule has 1 amide bonds. The van der Waals surface area contributed by atoms with Crippen molar-refractivity contribution >= 4 is 28.4 Å². The molecule has 0 fully saturated rings. The monoisotopic (exact) mass is 400 g/mol. The summed E-state index contributed by atoms with van der Waals surface area (Å²) in [5.41, 5.74) is 1.71. The van der Waals surface area contributed by atoms with E-state index in [0.29, 0.717) is 47.4 Å². The molecule has 0 atom stereocenters. The first-order chi connectivity index (χ1) is 13.5. The Morgan fingerprint density at radius 2 is 2.07 bits per heavy atom. The van der Waals surface area contributed by atoms with E-state index >= 15 is 0 Å². The van der Waals surface area contributed by atoms with Gasteiger partial charge in [-0.3, -0.25) is 9.78 Å². The van der Waals surface area contributed by atoms with Gasteiger partial charge in [-0.05, 0) is 36.8 Å². The van der Waals surface area contributed by atoms with Gasteiger partial charge in [-0.15, -0.1) is 0 Å². The second kappa shape index (κ2) is 7.73. The van der Waals surface area contributed by atoms with Crippen LogP contribution in [-0.4, -0.2) is 36.0 Å². The number of hydrogen-bond acceptors (Lipinski definition) is 4. The van der Waals surface area contributed by atoms with E-state index in [0.717, 1.165) is 0 Å². The molecule has 0 spiro atoms. The molecule has 4 rings (SSSR count). The predicted molar refractivity (Wildman–Crippen MR) is 104 cm³/mol. The summed E-state index contributed by atoms with van der Waals surface area (Å²) >= 11 is 5.97. The summed E-state index contributed by atoms with van der Waals surface area (Å²) in [7, 11) is 1.76. The van der Waals surface area contributed by atoms with Gasteiger partial charge in [0, 0.05) is 42.9 Å². The Bertz CT molecular complexity index is 1060. The summed E-state index contributed by atoms with van der Waals surface area (Å²) in [6.07, 6.45) is 2.24. The van der Waals surface area contributed by atoms with Crippen LogP contribution in [0.5, 0.6) is 11.5 Å². The Labute approximate surface area is 166 Å². The second-order valence-electron chi connectivity index (χ2n) is 6.63. The van der Waals surface area contributed by atoms with E-state index in [4.69, 9.17) is 21.1 Å². The average Bonchev–Trinajstić information content (AvgIpc) is 2.71. The smallest absolute Gasteiger partial charge is 0.253 e. The third kappa shape index (κ3) is 3.53. The molecule has 0 saturated carbocycles. The van der Waals surface area contributed by atoms with Gasteiger partial charge in [-0.25, -0.2) is 4.39 Å². The van der Waals surface area contributed by atoms with Gasteiger partial charge in [0.2, 0.25) is 0 Å². The largest absolute Gasteiger partial charge is 0.453 e. The molecular formula is C21H18ClFN2O3. The van der Waals surface area contributed by atoms with Crippen molar-refractivity contribution in [2.75, 3.05) is 20.2 Å². The third-order valence-electron chi connectivity index (χ3n) is 4.68. The zero-order valence-electron chi connectivity index (χ0n) is 15.2. The normalized spacial score (nSPS) is 15.2. The maximum Gasteiger partial charge on any atom is 0.253 e. The Hall–Kier alpha value is -2.70. The first-order valence-electron chi connectivity index (χ1n) is 8.91. The zero-order valence-corrected chi connectivity index (χ0v) is 16.0. The van der Waals surface area contributed by atoms with Crippen LogP contribution in [-0.2, 0) is 11.3 Å². The lowest BCUT2D eigenvalue weighted by Gasteiger charge is -2.19. The number of amides is 1. The van der Waals surface area contributed by atoms with Gasteiger partial charge in [0.05, 0.1) is 17.1 Å². The highest BCUT2D eigenvalue weighted by Crippen LogP contribution is 2.36. The molecule has 0 radical (unpaired) electrons. The summed E-state index contributed by atoms with van der Waals surface area (Å²) in [6.45, 7) is 1.16. The van der Waals surface area contributed by atoms with Crippen molar-refractivity contribution in [2.45, 2.75) is 13.0 Å². The molecule has 1 aliphatic rings. The summed E-state index contributed by atoms with van der Waals surface area (Å²) < 4.78 is 26.3. The fourth-order valence-electron chi connectivity index (χ4n) is 3.16. The minimum atomic E-state index is -0.646. The highest BCUT2D eigenvalue weighted by Gasteiger charge is 2.19. The standard InChI is InChI=1S/C21H18ClFN2O3/c1-25-9-2-10-27-12-14-3-5-16(22)19(23)20(14)28-18-7-8-24-17-6-4-13(21(25)26)11-15(17)18/h3-8,11H,2,9-10,12H2,1H3. The number of benzene rings is 2. The van der Waals surface area contributed by atoms with Crippen molar-refractivity contribution in [3.8, 4) is 11.5 Å². The Kier molecular flexibility index (Phi) is 5.15. The predicted octanol–water partition coefficient (Wildman–Crippen LogP) is 4.81. The number of hydrogen-bond donors (Lipinski definition) is 0. The molecule has 0 unspecified atom stereocenters. The van der Waals surface area contributed by atoms with Crippen molar-refractivity contribution < 1.29 is 18.7 Å². The van der Waals surface area contributed by atoms with Crippen molar-refractivity contribution in [2.24, 2.45) is 0 Å². The van der Waals surface area contributed by atoms with E-state index in [1.165, 1.54) is 6.07 Å².